The van der Waals surface area contributed by atoms with Gasteiger partial charge in [-0.2, -0.15) is 26.3 Å². The summed E-state index contributed by atoms with van der Waals surface area (Å²) in [6.07, 6.45) is -9.94. The number of benzene rings is 2. The Balaban J connectivity index is 2.32. The quantitative estimate of drug-likeness (QED) is 0.429. The fourth-order valence-electron chi connectivity index (χ4n) is 1.99. The molecule has 4 nitrogen and oxygen atoms in total. The zero-order chi connectivity index (χ0) is 21.1. The predicted molar refractivity (Wildman–Crippen MR) is 85.1 cm³/mol. The van der Waals surface area contributed by atoms with Gasteiger partial charge in [0.1, 0.15) is 0 Å². The number of amides is 1. The van der Waals surface area contributed by atoms with Crippen LogP contribution in [0.25, 0.3) is 0 Å². The van der Waals surface area contributed by atoms with Crippen molar-refractivity contribution < 1.29 is 41.0 Å². The van der Waals surface area contributed by atoms with Gasteiger partial charge in [-0.1, -0.05) is 11.8 Å². The topological polar surface area (TPSA) is 66.4 Å². The third-order valence-electron chi connectivity index (χ3n) is 3.28. The van der Waals surface area contributed by atoms with E-state index in [1.807, 2.05) is 0 Å². The van der Waals surface area contributed by atoms with Crippen molar-refractivity contribution in [3.05, 3.63) is 64.7 Å². The van der Waals surface area contributed by atoms with Crippen molar-refractivity contribution in [1.29, 1.82) is 0 Å². The van der Waals surface area contributed by atoms with E-state index in [9.17, 15) is 35.9 Å². The third-order valence-corrected chi connectivity index (χ3v) is 3.28. The molecule has 1 amide bonds. The van der Waals surface area contributed by atoms with Crippen molar-refractivity contribution in [3.63, 3.8) is 0 Å². The van der Waals surface area contributed by atoms with Gasteiger partial charge >= 0.3 is 24.2 Å². The van der Waals surface area contributed by atoms with Crippen LogP contribution in [-0.2, 0) is 21.9 Å². The van der Waals surface area contributed by atoms with Gasteiger partial charge < -0.3 is 10.4 Å². The maximum absolute atomic E-state index is 12.8. The van der Waals surface area contributed by atoms with E-state index in [2.05, 4.69) is 17.2 Å². The third kappa shape index (κ3) is 5.51. The smallest absolute Gasteiger partial charge is 0.416 e. The lowest BCUT2D eigenvalue weighted by atomic mass is 10.0. The van der Waals surface area contributed by atoms with Crippen molar-refractivity contribution in [3.8, 4) is 11.8 Å². The second-order valence-electron chi connectivity index (χ2n) is 5.38. The number of anilines is 1. The fourth-order valence-corrected chi connectivity index (χ4v) is 1.99. The minimum absolute atomic E-state index is 0.00506. The molecule has 0 heterocycles. The summed E-state index contributed by atoms with van der Waals surface area (Å²) < 4.78 is 76.9. The van der Waals surface area contributed by atoms with Crippen LogP contribution in [0.15, 0.2) is 42.5 Å². The fraction of sp³-hybridized carbons (Fsp3) is 0.111. The number of alkyl halides is 6. The second-order valence-corrected chi connectivity index (χ2v) is 5.38. The van der Waals surface area contributed by atoms with Crippen LogP contribution in [0.4, 0.5) is 32.0 Å². The lowest BCUT2D eigenvalue weighted by molar-refractivity contribution is -0.147. The average molecular weight is 401 g/mol. The number of halogens is 6. The van der Waals surface area contributed by atoms with Crippen LogP contribution < -0.4 is 5.32 Å². The lowest BCUT2D eigenvalue weighted by Gasteiger charge is -2.12. The molecule has 0 aliphatic rings. The maximum Gasteiger partial charge on any atom is 0.416 e. The zero-order valence-electron chi connectivity index (χ0n) is 13.6. The molecule has 10 heteroatoms. The molecule has 0 fully saturated rings. The van der Waals surface area contributed by atoms with Gasteiger partial charge in [0.2, 0.25) is 0 Å². The van der Waals surface area contributed by atoms with E-state index in [1.54, 1.807) is 0 Å². The van der Waals surface area contributed by atoms with E-state index >= 15 is 0 Å². The highest BCUT2D eigenvalue weighted by molar-refractivity contribution is 6.36. The number of carbonyl (C=O) groups is 2. The molecule has 2 N–H and O–H groups in total. The van der Waals surface area contributed by atoms with E-state index in [0.717, 1.165) is 0 Å². The molecule has 0 aliphatic carbocycles. The normalized spacial score (nSPS) is 11.4. The highest BCUT2D eigenvalue weighted by Crippen LogP contribution is 2.36. The van der Waals surface area contributed by atoms with Gasteiger partial charge in [0, 0.05) is 16.8 Å². The van der Waals surface area contributed by atoms with Crippen LogP contribution in [-0.4, -0.2) is 17.0 Å². The first-order chi connectivity index (χ1) is 12.9. The van der Waals surface area contributed by atoms with Gasteiger partial charge in [0.25, 0.3) is 0 Å². The molecule has 146 valence electrons. The Kier molecular flexibility index (Phi) is 5.68. The van der Waals surface area contributed by atoms with Crippen molar-refractivity contribution >= 4 is 17.6 Å². The SMILES string of the molecule is O=C(O)C(=O)Nc1ccc(C#Cc2cc(C(F)(F)F)cc(C(F)(F)F)c2)cc1. The second kappa shape index (κ2) is 7.64. The van der Waals surface area contributed by atoms with E-state index in [1.165, 1.54) is 24.3 Å². The van der Waals surface area contributed by atoms with Crippen molar-refractivity contribution in [1.82, 2.24) is 0 Å². The summed E-state index contributed by atoms with van der Waals surface area (Å²) >= 11 is 0. The highest BCUT2D eigenvalue weighted by Gasteiger charge is 2.36. The summed E-state index contributed by atoms with van der Waals surface area (Å²) in [6.45, 7) is 0. The molecule has 0 aliphatic heterocycles. The van der Waals surface area contributed by atoms with Gasteiger partial charge in [-0.25, -0.2) is 4.79 Å². The van der Waals surface area contributed by atoms with Crippen LogP contribution in [0.5, 0.6) is 0 Å². The van der Waals surface area contributed by atoms with E-state index < -0.39 is 40.9 Å². The van der Waals surface area contributed by atoms with E-state index in [0.29, 0.717) is 12.1 Å². The van der Waals surface area contributed by atoms with E-state index in [-0.39, 0.29) is 17.3 Å². The number of nitrogens with one attached hydrogen (secondary N) is 1. The summed E-state index contributed by atoms with van der Waals surface area (Å²) in [6, 6.07) is 6.18. The molecule has 2 aromatic rings. The Labute approximate surface area is 153 Å². The summed E-state index contributed by atoms with van der Waals surface area (Å²) in [7, 11) is 0. The molecule has 0 radical (unpaired) electrons. The minimum atomic E-state index is -4.97. The molecule has 2 aromatic carbocycles. The number of hydrogen-bond donors (Lipinski definition) is 2. The summed E-state index contributed by atoms with van der Waals surface area (Å²) in [5.74, 6) is 1.67. The summed E-state index contributed by atoms with van der Waals surface area (Å²) in [5.41, 5.74) is -3.09. The number of hydrogen-bond acceptors (Lipinski definition) is 2. The Morgan fingerprint density at radius 3 is 1.68 bits per heavy atom. The van der Waals surface area contributed by atoms with Gasteiger partial charge in [0.05, 0.1) is 11.1 Å². The zero-order valence-corrected chi connectivity index (χ0v) is 13.6. The highest BCUT2D eigenvalue weighted by atomic mass is 19.4. The number of carboxylic acids is 1. The Hall–Kier alpha value is -3.48. The lowest BCUT2D eigenvalue weighted by Crippen LogP contribution is -2.21. The molecular weight excluding hydrogens is 392 g/mol. The Bertz CT molecular complexity index is 934. The molecule has 0 aromatic heterocycles. The van der Waals surface area contributed by atoms with Crippen LogP contribution in [0.3, 0.4) is 0 Å². The molecule has 0 atom stereocenters. The van der Waals surface area contributed by atoms with Gasteiger partial charge in [0.15, 0.2) is 0 Å². The van der Waals surface area contributed by atoms with Crippen LogP contribution >= 0.6 is 0 Å². The van der Waals surface area contributed by atoms with Crippen molar-refractivity contribution in [2.45, 2.75) is 12.4 Å². The monoisotopic (exact) mass is 401 g/mol. The summed E-state index contributed by atoms with van der Waals surface area (Å²) in [4.78, 5) is 21.4. The molecule has 0 saturated carbocycles. The number of aliphatic carboxylic acids is 1. The Morgan fingerprint density at radius 2 is 1.25 bits per heavy atom. The molecule has 2 rings (SSSR count). The predicted octanol–water partition coefficient (Wildman–Crippen LogP) is 4.15. The first-order valence-electron chi connectivity index (χ1n) is 7.32. The van der Waals surface area contributed by atoms with Gasteiger partial charge in [-0.15, -0.1) is 0 Å². The van der Waals surface area contributed by atoms with Gasteiger partial charge in [-0.3, -0.25) is 4.79 Å². The number of carboxylic acid groups (broad SMARTS) is 1. The standard InChI is InChI=1S/C18H9F6NO3/c19-17(20,21)12-7-11(8-13(9-12)18(22,23)24)2-1-10-3-5-14(6-4-10)25-15(26)16(27)28/h3-9H,(H,25,26)(H,27,28). The first-order valence-corrected chi connectivity index (χ1v) is 7.32. The largest absolute Gasteiger partial charge is 0.474 e. The maximum atomic E-state index is 12.8. The van der Waals surface area contributed by atoms with Gasteiger partial charge in [-0.05, 0) is 42.5 Å². The number of rotatable bonds is 1. The van der Waals surface area contributed by atoms with Crippen molar-refractivity contribution in [2.75, 3.05) is 5.32 Å². The van der Waals surface area contributed by atoms with Crippen molar-refractivity contribution in [2.24, 2.45) is 0 Å². The molecule has 0 bridgehead atoms. The van der Waals surface area contributed by atoms with Crippen LogP contribution in [0, 0.1) is 11.8 Å². The summed E-state index contributed by atoms with van der Waals surface area (Å²) in [5, 5.41) is 10.5. The van der Waals surface area contributed by atoms with Crippen LogP contribution in [0.2, 0.25) is 0 Å². The molecule has 28 heavy (non-hydrogen) atoms. The first kappa shape index (κ1) is 20.8. The average Bonchev–Trinajstić information content (AvgIpc) is 2.59. The minimum Gasteiger partial charge on any atom is -0.474 e. The van der Waals surface area contributed by atoms with E-state index in [4.69, 9.17) is 5.11 Å². The molecule has 0 spiro atoms. The molecule has 0 saturated heterocycles. The number of carbonyl (C=O) groups excluding carboxylic acids is 1. The molecular formula is C18H9F6NO3. The van der Waals surface area contributed by atoms with Crippen LogP contribution in [0.1, 0.15) is 22.3 Å². The Morgan fingerprint density at radius 1 is 0.786 bits per heavy atom. The molecule has 0 unspecified atom stereocenters.